The van der Waals surface area contributed by atoms with Crippen LogP contribution in [0.2, 0.25) is 0 Å². The third-order valence-corrected chi connectivity index (χ3v) is 5.73. The Morgan fingerprint density at radius 2 is 1.70 bits per heavy atom. The summed E-state index contributed by atoms with van der Waals surface area (Å²) in [4.78, 5) is 0. The first-order valence-electron chi connectivity index (χ1n) is 7.54. The predicted octanol–water partition coefficient (Wildman–Crippen LogP) is 5.78. The van der Waals surface area contributed by atoms with Gasteiger partial charge in [-0.25, -0.2) is 4.39 Å². The van der Waals surface area contributed by atoms with Gasteiger partial charge in [0.15, 0.2) is 5.70 Å². The topological polar surface area (TPSA) is 7.94 Å². The summed E-state index contributed by atoms with van der Waals surface area (Å²) < 4.78 is 84.8. The van der Waals surface area contributed by atoms with Crippen LogP contribution in [0.1, 0.15) is 16.8 Å². The zero-order valence-electron chi connectivity index (χ0n) is 13.0. The Bertz CT molecular complexity index is 1080. The highest BCUT2D eigenvalue weighted by Crippen LogP contribution is 2.43. The van der Waals surface area contributed by atoms with Crippen molar-refractivity contribution in [1.29, 1.82) is 0 Å². The lowest BCUT2D eigenvalue weighted by Crippen LogP contribution is -2.50. The average Bonchev–Trinajstić information content (AvgIpc) is 3.13. The van der Waals surface area contributed by atoms with Gasteiger partial charge in [0.25, 0.3) is 0 Å². The number of allylic oxidation sites excluding steroid dienone is 2. The highest BCUT2D eigenvalue weighted by molar-refractivity contribution is 9.18. The summed E-state index contributed by atoms with van der Waals surface area (Å²) in [5, 5.41) is 0. The molecular weight excluding hydrogens is 505 g/mol. The van der Waals surface area contributed by atoms with Gasteiger partial charge >= 0.3 is 13.1 Å². The maximum Gasteiger partial charge on any atom is 0.738 e. The van der Waals surface area contributed by atoms with Crippen LogP contribution in [0.3, 0.4) is 0 Å². The number of alkyl halides is 3. The fraction of sp³-hybridized carbons (Fsp3) is 0.0625. The summed E-state index contributed by atoms with van der Waals surface area (Å²) in [5.74, 6) is -1.15. The van der Waals surface area contributed by atoms with Gasteiger partial charge < -0.3 is 17.6 Å². The summed E-state index contributed by atoms with van der Waals surface area (Å²) in [5.41, 5.74) is -1.27. The molecule has 2 aliphatic rings. The molecule has 0 unspecified atom stereocenters. The molecule has 0 atom stereocenters. The minimum Gasteiger partial charge on any atom is -0.389 e. The summed E-state index contributed by atoms with van der Waals surface area (Å²) in [6.07, 6.45) is -1.96. The summed E-state index contributed by atoms with van der Waals surface area (Å²) >= 11 is 6.13. The zero-order chi connectivity index (χ0) is 19.7. The molecule has 140 valence electrons. The molecule has 0 bridgehead atoms. The van der Waals surface area contributed by atoms with Crippen LogP contribution < -0.4 is 0 Å². The van der Waals surface area contributed by atoms with E-state index in [0.717, 1.165) is 12.1 Å². The molecule has 0 radical (unpaired) electrons. The lowest BCUT2D eigenvalue weighted by atomic mass is 9.86. The van der Waals surface area contributed by atoms with Crippen LogP contribution in [0, 0.1) is 5.82 Å². The van der Waals surface area contributed by atoms with E-state index < -0.39 is 24.5 Å². The number of fused-ring (bicyclic) bond motifs is 2. The molecule has 2 nitrogen and oxygen atoms in total. The van der Waals surface area contributed by atoms with Crippen molar-refractivity contribution in [1.82, 2.24) is 4.48 Å². The quantitative estimate of drug-likeness (QED) is 0.339. The van der Waals surface area contributed by atoms with Crippen molar-refractivity contribution in [2.75, 3.05) is 0 Å². The molecule has 4 rings (SSSR count). The Kier molecular flexibility index (Phi) is 4.05. The predicted molar refractivity (Wildman–Crippen MR) is 96.3 cm³/mol. The van der Waals surface area contributed by atoms with E-state index in [2.05, 4.69) is 31.9 Å². The van der Waals surface area contributed by atoms with Crippen molar-refractivity contribution in [3.63, 3.8) is 0 Å². The van der Waals surface area contributed by atoms with Crippen molar-refractivity contribution in [3.8, 4) is 0 Å². The number of benzene rings is 1. The number of aromatic nitrogens is 1. The van der Waals surface area contributed by atoms with Gasteiger partial charge in [0, 0.05) is 39.3 Å². The van der Waals surface area contributed by atoms with Crippen LogP contribution in [0.5, 0.6) is 0 Å². The molecule has 27 heavy (non-hydrogen) atoms. The number of hydrogen-bond acceptors (Lipinski definition) is 0. The van der Waals surface area contributed by atoms with Gasteiger partial charge in [0.05, 0.1) is 15.7 Å². The maximum absolute atomic E-state index is 15.1. The lowest BCUT2D eigenvalue weighted by molar-refractivity contribution is -0.358. The minimum atomic E-state index is -4.71. The number of halogens is 8. The van der Waals surface area contributed by atoms with E-state index in [9.17, 15) is 17.6 Å². The highest BCUT2D eigenvalue weighted by atomic mass is 79.9. The Morgan fingerprint density at radius 3 is 2.33 bits per heavy atom. The van der Waals surface area contributed by atoms with Crippen LogP contribution in [0.25, 0.3) is 5.57 Å². The third kappa shape index (κ3) is 2.66. The van der Waals surface area contributed by atoms with Crippen LogP contribution in [-0.4, -0.2) is 20.6 Å². The van der Waals surface area contributed by atoms with E-state index in [1.54, 1.807) is 0 Å². The van der Waals surface area contributed by atoms with Crippen molar-refractivity contribution in [3.05, 3.63) is 75.4 Å². The summed E-state index contributed by atoms with van der Waals surface area (Å²) in [6, 6.07) is 4.81. The minimum absolute atomic E-state index is 0.00336. The van der Waals surface area contributed by atoms with Crippen LogP contribution in [0.15, 0.2) is 52.8 Å². The lowest BCUT2D eigenvalue weighted by Gasteiger charge is -2.32. The molecule has 0 spiro atoms. The monoisotopic (exact) mass is 510 g/mol. The van der Waals surface area contributed by atoms with Gasteiger partial charge in [0.1, 0.15) is 5.82 Å². The first-order valence-corrected chi connectivity index (χ1v) is 9.13. The molecule has 1 aromatic heterocycles. The van der Waals surface area contributed by atoms with E-state index in [-0.39, 0.29) is 31.8 Å². The average molecular weight is 512 g/mol. The Hall–Kier alpha value is -1.75. The largest absolute Gasteiger partial charge is 0.738 e. The fourth-order valence-corrected chi connectivity index (χ4v) is 4.44. The van der Waals surface area contributed by atoms with Crippen molar-refractivity contribution >= 4 is 49.0 Å². The second-order valence-electron chi connectivity index (χ2n) is 5.98. The normalized spacial score (nSPS) is 18.2. The highest BCUT2D eigenvalue weighted by Gasteiger charge is 2.54. The molecule has 1 aromatic carbocycles. The first-order chi connectivity index (χ1) is 12.5. The summed E-state index contributed by atoms with van der Waals surface area (Å²) in [7, 11) is 0. The van der Waals surface area contributed by atoms with E-state index in [1.807, 2.05) is 0 Å². The summed E-state index contributed by atoms with van der Waals surface area (Å²) in [6.45, 7) is -4.29. The third-order valence-electron chi connectivity index (χ3n) is 4.44. The van der Waals surface area contributed by atoms with Gasteiger partial charge in [-0.15, -0.1) is 0 Å². The molecule has 0 aliphatic carbocycles. The molecule has 0 fully saturated rings. The zero-order valence-corrected chi connectivity index (χ0v) is 16.2. The van der Waals surface area contributed by atoms with E-state index >= 15 is 8.63 Å². The van der Waals surface area contributed by atoms with Gasteiger partial charge in [-0.2, -0.15) is 13.2 Å². The first kappa shape index (κ1) is 18.6. The van der Waals surface area contributed by atoms with Crippen molar-refractivity contribution in [2.45, 2.75) is 6.18 Å². The van der Waals surface area contributed by atoms with Crippen LogP contribution in [-0.2, 0) is 6.18 Å². The van der Waals surface area contributed by atoms with Gasteiger partial charge in [-0.1, -0.05) is 6.07 Å². The van der Waals surface area contributed by atoms with Crippen LogP contribution in [0.4, 0.5) is 26.2 Å². The van der Waals surface area contributed by atoms with E-state index in [0.29, 0.717) is 15.0 Å². The number of nitrogens with zero attached hydrogens (tertiary/aromatic N) is 2. The van der Waals surface area contributed by atoms with Crippen molar-refractivity contribution in [2.24, 2.45) is 0 Å². The molecule has 11 heteroatoms. The van der Waals surface area contributed by atoms with Gasteiger partial charge in [0.2, 0.25) is 4.62 Å². The fourth-order valence-electron chi connectivity index (χ4n) is 3.30. The Balaban J connectivity index is 2.03. The number of rotatable bonds is 1. The molecule has 2 aromatic rings. The maximum atomic E-state index is 15.1. The van der Waals surface area contributed by atoms with Crippen molar-refractivity contribution < 1.29 is 30.7 Å². The molecule has 3 heterocycles. The van der Waals surface area contributed by atoms with E-state index in [4.69, 9.17) is 0 Å². The number of hydrogen-bond donors (Lipinski definition) is 0. The SMILES string of the molecule is Fc1cc(C(F)(F)F)ccc1C1=C2C=CC(Br)=[N+]2[B-](F)(F)n2c(Br)ccc21. The molecule has 0 saturated carbocycles. The Morgan fingerprint density at radius 1 is 1.00 bits per heavy atom. The van der Waals surface area contributed by atoms with Gasteiger partial charge in [-0.05, 0) is 40.2 Å². The second kappa shape index (κ2) is 5.87. The van der Waals surface area contributed by atoms with Crippen LogP contribution >= 0.6 is 31.9 Å². The molecule has 2 aliphatic heterocycles. The molecule has 0 amide bonds. The Labute approximate surface area is 165 Å². The standard InChI is InChI=1S/C16H7BBr2F6N2/c18-13-5-3-11-15(9-2-1-8(7-10(9)20)16(21,22)23)12-4-6-14(19)27(12)17(24,25)26(11)13/h1-7H. The smallest absolute Gasteiger partial charge is 0.389 e. The van der Waals surface area contributed by atoms with E-state index in [1.165, 1.54) is 24.3 Å². The second-order valence-corrected chi connectivity index (χ2v) is 7.60. The molecule has 0 saturated heterocycles. The molecule has 0 N–H and O–H groups in total. The molecular formula is C16H7BBr2F6N2. The van der Waals surface area contributed by atoms with Gasteiger partial charge in [-0.3, -0.25) is 0 Å².